The molecular weight excluding hydrogens is 297 g/mol. The van der Waals surface area contributed by atoms with Crippen molar-refractivity contribution in [2.24, 2.45) is 0 Å². The van der Waals surface area contributed by atoms with Gasteiger partial charge >= 0.3 is 0 Å². The Labute approximate surface area is 117 Å². The summed E-state index contributed by atoms with van der Waals surface area (Å²) in [6, 6.07) is 1.51. The number of hydrogen-bond acceptors (Lipinski definition) is 2. The highest BCUT2D eigenvalue weighted by molar-refractivity contribution is 6.34. The molecule has 0 aliphatic carbocycles. The molecule has 1 heterocycles. The highest BCUT2D eigenvalue weighted by Gasteiger charge is 2.23. The molecule has 0 N–H and O–H groups in total. The monoisotopic (exact) mass is 304 g/mol. The highest BCUT2D eigenvalue weighted by atomic mass is 35.5. The Bertz CT molecular complexity index is 655. The van der Waals surface area contributed by atoms with Crippen molar-refractivity contribution in [1.82, 2.24) is 9.78 Å². The van der Waals surface area contributed by atoms with Gasteiger partial charge in [0.2, 0.25) is 5.78 Å². The lowest BCUT2D eigenvalue weighted by molar-refractivity contribution is 0.102. The molecule has 0 saturated carbocycles. The Balaban J connectivity index is 2.56. The molecule has 0 bridgehead atoms. The first kappa shape index (κ1) is 14.0. The zero-order valence-electron chi connectivity index (χ0n) is 9.75. The summed E-state index contributed by atoms with van der Waals surface area (Å²) in [6.45, 7) is 2.13. The van der Waals surface area contributed by atoms with Gasteiger partial charge in [0.1, 0.15) is 17.3 Å². The Kier molecular flexibility index (Phi) is 3.87. The Morgan fingerprint density at radius 3 is 2.58 bits per heavy atom. The number of rotatable bonds is 3. The molecule has 0 fully saturated rings. The second-order valence-corrected chi connectivity index (χ2v) is 4.55. The van der Waals surface area contributed by atoms with Crippen LogP contribution in [0.5, 0.6) is 0 Å². The predicted octanol–water partition coefficient (Wildman–Crippen LogP) is 3.72. The largest absolute Gasteiger partial charge is 0.287 e. The van der Waals surface area contributed by atoms with E-state index in [0.29, 0.717) is 6.54 Å². The van der Waals surface area contributed by atoms with Crippen LogP contribution in [0.15, 0.2) is 18.3 Å². The van der Waals surface area contributed by atoms with E-state index in [1.807, 2.05) is 0 Å². The first-order valence-electron chi connectivity index (χ1n) is 5.36. The summed E-state index contributed by atoms with van der Waals surface area (Å²) in [5.74, 6) is -2.51. The van der Waals surface area contributed by atoms with Crippen molar-refractivity contribution in [3.63, 3.8) is 0 Å². The fraction of sp³-hybridized carbons (Fsp3) is 0.167. The van der Waals surface area contributed by atoms with E-state index < -0.39 is 23.0 Å². The maximum absolute atomic E-state index is 13.7. The minimum Gasteiger partial charge on any atom is -0.287 e. The first-order valence-corrected chi connectivity index (χ1v) is 6.11. The normalized spacial score (nSPS) is 10.8. The molecule has 0 amide bonds. The lowest BCUT2D eigenvalue weighted by Gasteiger charge is -2.06. The Hall–Kier alpha value is -1.46. The summed E-state index contributed by atoms with van der Waals surface area (Å²) in [7, 11) is 0. The molecule has 0 atom stereocenters. The SMILES string of the molecule is CCn1ncc(Cl)c1C(=O)c1cc(F)c(Cl)cc1F. The van der Waals surface area contributed by atoms with Crippen LogP contribution < -0.4 is 0 Å². The fourth-order valence-electron chi connectivity index (χ4n) is 1.65. The van der Waals surface area contributed by atoms with E-state index in [0.717, 1.165) is 12.1 Å². The molecule has 7 heteroatoms. The van der Waals surface area contributed by atoms with Crippen LogP contribution in [0, 0.1) is 11.6 Å². The Morgan fingerprint density at radius 1 is 1.26 bits per heavy atom. The van der Waals surface area contributed by atoms with Gasteiger partial charge in [-0.15, -0.1) is 0 Å². The third kappa shape index (κ3) is 2.48. The van der Waals surface area contributed by atoms with Crippen molar-refractivity contribution in [2.75, 3.05) is 0 Å². The van der Waals surface area contributed by atoms with E-state index in [-0.39, 0.29) is 15.7 Å². The van der Waals surface area contributed by atoms with Gasteiger partial charge in [-0.1, -0.05) is 23.2 Å². The van der Waals surface area contributed by atoms with Gasteiger partial charge in [-0.3, -0.25) is 9.48 Å². The van der Waals surface area contributed by atoms with E-state index in [9.17, 15) is 13.6 Å². The van der Waals surface area contributed by atoms with E-state index in [2.05, 4.69) is 5.10 Å². The van der Waals surface area contributed by atoms with Crippen LogP contribution in [0.2, 0.25) is 10.0 Å². The molecule has 2 aromatic rings. The van der Waals surface area contributed by atoms with Crippen molar-refractivity contribution in [3.05, 3.63) is 51.3 Å². The molecule has 19 heavy (non-hydrogen) atoms. The van der Waals surface area contributed by atoms with Crippen LogP contribution in [-0.4, -0.2) is 15.6 Å². The number of halogens is 4. The van der Waals surface area contributed by atoms with Gasteiger partial charge in [0, 0.05) is 6.54 Å². The number of hydrogen-bond donors (Lipinski definition) is 0. The molecule has 1 aromatic carbocycles. The summed E-state index contributed by atoms with van der Waals surface area (Å²) >= 11 is 11.3. The number of aromatic nitrogens is 2. The zero-order chi connectivity index (χ0) is 14.2. The van der Waals surface area contributed by atoms with Crippen molar-refractivity contribution in [3.8, 4) is 0 Å². The molecule has 100 valence electrons. The number of benzene rings is 1. The summed E-state index contributed by atoms with van der Waals surface area (Å²) < 4.78 is 28.3. The van der Waals surface area contributed by atoms with Gasteiger partial charge in [-0.25, -0.2) is 8.78 Å². The molecule has 0 aliphatic heterocycles. The third-order valence-corrected chi connectivity index (χ3v) is 3.13. The minimum absolute atomic E-state index is 0.0183. The smallest absolute Gasteiger partial charge is 0.215 e. The maximum Gasteiger partial charge on any atom is 0.215 e. The molecular formula is C12H8Cl2F2N2O. The number of aryl methyl sites for hydroxylation is 1. The third-order valence-electron chi connectivity index (χ3n) is 2.56. The van der Waals surface area contributed by atoms with Gasteiger partial charge in [0.05, 0.1) is 21.8 Å². The number of carbonyl (C=O) groups excluding carboxylic acids is 1. The molecule has 0 saturated heterocycles. The van der Waals surface area contributed by atoms with Crippen LogP contribution in [0.4, 0.5) is 8.78 Å². The van der Waals surface area contributed by atoms with Gasteiger partial charge < -0.3 is 0 Å². The predicted molar refractivity (Wildman–Crippen MR) is 67.7 cm³/mol. The number of ketones is 1. The summed E-state index contributed by atoms with van der Waals surface area (Å²) in [4.78, 5) is 12.2. The molecule has 0 spiro atoms. The first-order chi connectivity index (χ1) is 8.95. The Morgan fingerprint density at radius 2 is 1.95 bits per heavy atom. The topological polar surface area (TPSA) is 34.9 Å². The van der Waals surface area contributed by atoms with E-state index in [1.54, 1.807) is 6.92 Å². The lowest BCUT2D eigenvalue weighted by Crippen LogP contribution is -2.13. The zero-order valence-corrected chi connectivity index (χ0v) is 11.3. The van der Waals surface area contributed by atoms with Gasteiger partial charge in [-0.2, -0.15) is 5.10 Å². The molecule has 2 rings (SSSR count). The maximum atomic E-state index is 13.7. The second-order valence-electron chi connectivity index (χ2n) is 3.73. The number of carbonyl (C=O) groups is 1. The van der Waals surface area contributed by atoms with Crippen LogP contribution in [-0.2, 0) is 6.54 Å². The second kappa shape index (κ2) is 5.27. The minimum atomic E-state index is -0.906. The summed E-state index contributed by atoms with van der Waals surface area (Å²) in [6.07, 6.45) is 1.28. The summed E-state index contributed by atoms with van der Waals surface area (Å²) in [5, 5.41) is 3.57. The standard InChI is InChI=1S/C12H8Cl2F2N2O/c1-2-18-11(8(14)5-17-18)12(19)6-3-10(16)7(13)4-9(6)15/h3-5H,2H2,1H3. The fourth-order valence-corrected chi connectivity index (χ4v) is 2.03. The lowest BCUT2D eigenvalue weighted by atomic mass is 10.1. The van der Waals surface area contributed by atoms with E-state index in [4.69, 9.17) is 23.2 Å². The quantitative estimate of drug-likeness (QED) is 0.640. The van der Waals surface area contributed by atoms with Crippen LogP contribution >= 0.6 is 23.2 Å². The average Bonchev–Trinajstić information content (AvgIpc) is 2.74. The van der Waals surface area contributed by atoms with Gasteiger partial charge in [0.25, 0.3) is 0 Å². The van der Waals surface area contributed by atoms with Crippen molar-refractivity contribution in [1.29, 1.82) is 0 Å². The molecule has 0 aliphatic rings. The average molecular weight is 305 g/mol. The van der Waals surface area contributed by atoms with Crippen molar-refractivity contribution < 1.29 is 13.6 Å². The van der Waals surface area contributed by atoms with Gasteiger partial charge in [0.15, 0.2) is 0 Å². The van der Waals surface area contributed by atoms with Crippen molar-refractivity contribution >= 4 is 29.0 Å². The molecule has 1 aromatic heterocycles. The molecule has 3 nitrogen and oxygen atoms in total. The van der Waals surface area contributed by atoms with E-state index >= 15 is 0 Å². The van der Waals surface area contributed by atoms with Crippen LogP contribution in [0.1, 0.15) is 23.0 Å². The van der Waals surface area contributed by atoms with E-state index in [1.165, 1.54) is 10.9 Å². The molecule has 0 unspecified atom stereocenters. The van der Waals surface area contributed by atoms with Crippen molar-refractivity contribution in [2.45, 2.75) is 13.5 Å². The van der Waals surface area contributed by atoms with Gasteiger partial charge in [-0.05, 0) is 19.1 Å². The highest BCUT2D eigenvalue weighted by Crippen LogP contribution is 2.24. The van der Waals surface area contributed by atoms with Crippen LogP contribution in [0.25, 0.3) is 0 Å². The van der Waals surface area contributed by atoms with Crippen LogP contribution in [0.3, 0.4) is 0 Å². The number of nitrogens with zero attached hydrogens (tertiary/aromatic N) is 2. The molecule has 0 radical (unpaired) electrons. The summed E-state index contributed by atoms with van der Waals surface area (Å²) in [5.41, 5.74) is -0.413.